The van der Waals surface area contributed by atoms with Gasteiger partial charge in [0.25, 0.3) is 0 Å². The fraction of sp³-hybridized carbons (Fsp3) is 0.118. The van der Waals surface area contributed by atoms with Crippen LogP contribution >= 0.6 is 0 Å². The fourth-order valence-corrected chi connectivity index (χ4v) is 2.55. The number of anilines is 1. The lowest BCUT2D eigenvalue weighted by Crippen LogP contribution is -2.20. The molecular formula is C17H16N4. The van der Waals surface area contributed by atoms with Gasteiger partial charge in [0.05, 0.1) is 17.7 Å². The minimum atomic E-state index is 0.755. The van der Waals surface area contributed by atoms with Gasteiger partial charge in [0.15, 0.2) is 0 Å². The van der Waals surface area contributed by atoms with Crippen molar-refractivity contribution >= 4 is 17.0 Å². The summed E-state index contributed by atoms with van der Waals surface area (Å²) in [7, 11) is 0. The van der Waals surface area contributed by atoms with Crippen molar-refractivity contribution in [1.29, 1.82) is 0 Å². The molecule has 0 spiro atoms. The number of aryl methyl sites for hydroxylation is 1. The van der Waals surface area contributed by atoms with Gasteiger partial charge in [-0.1, -0.05) is 35.9 Å². The smallest absolute Gasteiger partial charge is 0.209 e. The van der Waals surface area contributed by atoms with E-state index >= 15 is 0 Å². The summed E-state index contributed by atoms with van der Waals surface area (Å²) < 4.78 is 0. The van der Waals surface area contributed by atoms with Gasteiger partial charge in [-0.15, -0.1) is 0 Å². The molecule has 0 bridgehead atoms. The van der Waals surface area contributed by atoms with E-state index < -0.39 is 0 Å². The second kappa shape index (κ2) is 4.66. The number of aromatic amines is 1. The Kier molecular flexibility index (Phi) is 2.67. The van der Waals surface area contributed by atoms with Crippen LogP contribution in [0.4, 0.5) is 5.95 Å². The molecular weight excluding hydrogens is 260 g/mol. The molecule has 21 heavy (non-hydrogen) atoms. The summed E-state index contributed by atoms with van der Waals surface area (Å²) in [4.78, 5) is 10.1. The molecule has 0 aliphatic carbocycles. The van der Waals surface area contributed by atoms with Gasteiger partial charge in [-0.05, 0) is 30.2 Å². The molecule has 0 radical (unpaired) electrons. The Bertz CT molecular complexity index is 814. The van der Waals surface area contributed by atoms with Crippen LogP contribution in [0.3, 0.4) is 0 Å². The Morgan fingerprint density at radius 3 is 2.62 bits per heavy atom. The largest absolute Gasteiger partial charge is 0.372 e. The molecule has 1 aliphatic heterocycles. The summed E-state index contributed by atoms with van der Waals surface area (Å²) in [5.41, 5.74) is 5.75. The van der Waals surface area contributed by atoms with Crippen molar-refractivity contribution in [2.24, 2.45) is 0 Å². The minimum absolute atomic E-state index is 0.755. The third kappa shape index (κ3) is 2.14. The standard InChI is InChI=1S/C17H16N4/c1-12-2-4-13(5-3-12)14-6-7-15-16(10-14)20-17(19-15)21-9-8-18-11-21/h2-10,18H,11H2,1H3,(H,19,20). The van der Waals surface area contributed by atoms with Gasteiger partial charge in [-0.3, -0.25) is 4.90 Å². The quantitative estimate of drug-likeness (QED) is 0.754. The van der Waals surface area contributed by atoms with Gasteiger partial charge in [-0.2, -0.15) is 0 Å². The first-order chi connectivity index (χ1) is 10.3. The molecule has 1 aliphatic rings. The average Bonchev–Trinajstić information content (AvgIpc) is 3.16. The van der Waals surface area contributed by atoms with Crippen LogP contribution in [-0.2, 0) is 0 Å². The van der Waals surface area contributed by atoms with Gasteiger partial charge in [0.2, 0.25) is 5.95 Å². The molecule has 0 amide bonds. The third-order valence-electron chi connectivity index (χ3n) is 3.76. The first-order valence-corrected chi connectivity index (χ1v) is 7.03. The molecule has 0 saturated heterocycles. The predicted octanol–water partition coefficient (Wildman–Crippen LogP) is 3.38. The van der Waals surface area contributed by atoms with Crippen molar-refractivity contribution in [3.63, 3.8) is 0 Å². The minimum Gasteiger partial charge on any atom is -0.372 e. The highest BCUT2D eigenvalue weighted by Gasteiger charge is 2.11. The molecule has 2 heterocycles. The summed E-state index contributed by atoms with van der Waals surface area (Å²) in [5, 5.41) is 3.14. The molecule has 0 atom stereocenters. The number of H-pyrrole nitrogens is 1. The van der Waals surface area contributed by atoms with E-state index in [2.05, 4.69) is 64.7 Å². The monoisotopic (exact) mass is 276 g/mol. The molecule has 104 valence electrons. The van der Waals surface area contributed by atoms with Crippen LogP contribution in [-0.4, -0.2) is 16.6 Å². The van der Waals surface area contributed by atoms with Crippen LogP contribution < -0.4 is 10.2 Å². The number of nitrogens with one attached hydrogen (secondary N) is 2. The molecule has 4 nitrogen and oxygen atoms in total. The van der Waals surface area contributed by atoms with E-state index in [1.165, 1.54) is 16.7 Å². The molecule has 0 saturated carbocycles. The van der Waals surface area contributed by atoms with Gasteiger partial charge < -0.3 is 10.3 Å². The summed E-state index contributed by atoms with van der Waals surface area (Å²) in [6.07, 6.45) is 3.91. The zero-order chi connectivity index (χ0) is 14.2. The fourth-order valence-electron chi connectivity index (χ4n) is 2.55. The Morgan fingerprint density at radius 2 is 1.86 bits per heavy atom. The van der Waals surface area contributed by atoms with E-state index in [0.717, 1.165) is 23.7 Å². The van der Waals surface area contributed by atoms with Crippen molar-refractivity contribution in [2.75, 3.05) is 11.6 Å². The number of hydrogen-bond donors (Lipinski definition) is 2. The lowest BCUT2D eigenvalue weighted by atomic mass is 10.0. The van der Waals surface area contributed by atoms with E-state index in [-0.39, 0.29) is 0 Å². The normalized spacial score (nSPS) is 13.9. The summed E-state index contributed by atoms with van der Waals surface area (Å²) in [6.45, 7) is 2.86. The van der Waals surface area contributed by atoms with E-state index in [1.807, 2.05) is 17.3 Å². The van der Waals surface area contributed by atoms with Crippen LogP contribution in [0, 0.1) is 6.92 Å². The third-order valence-corrected chi connectivity index (χ3v) is 3.76. The van der Waals surface area contributed by atoms with E-state index in [1.54, 1.807) is 0 Å². The molecule has 3 aromatic rings. The summed E-state index contributed by atoms with van der Waals surface area (Å²) >= 11 is 0. The highest BCUT2D eigenvalue weighted by atomic mass is 15.3. The Balaban J connectivity index is 1.75. The molecule has 2 N–H and O–H groups in total. The number of fused-ring (bicyclic) bond motifs is 1. The number of benzene rings is 2. The summed E-state index contributed by atoms with van der Waals surface area (Å²) in [6, 6.07) is 14.9. The lowest BCUT2D eigenvalue weighted by molar-refractivity contribution is 0.879. The SMILES string of the molecule is Cc1ccc(-c2ccc3nc(N4C=CNC4)[nH]c3c2)cc1. The van der Waals surface area contributed by atoms with Crippen molar-refractivity contribution in [1.82, 2.24) is 15.3 Å². The maximum absolute atomic E-state index is 4.62. The lowest BCUT2D eigenvalue weighted by Gasteiger charge is -2.09. The van der Waals surface area contributed by atoms with Gasteiger partial charge >= 0.3 is 0 Å². The molecule has 0 fully saturated rings. The molecule has 0 unspecified atom stereocenters. The Hall–Kier alpha value is -2.75. The van der Waals surface area contributed by atoms with Crippen LogP contribution in [0.5, 0.6) is 0 Å². The topological polar surface area (TPSA) is 44.0 Å². The van der Waals surface area contributed by atoms with Crippen molar-refractivity contribution in [3.05, 3.63) is 60.4 Å². The van der Waals surface area contributed by atoms with E-state index in [9.17, 15) is 0 Å². The first-order valence-electron chi connectivity index (χ1n) is 7.03. The molecule has 4 heteroatoms. The van der Waals surface area contributed by atoms with Gasteiger partial charge in [0, 0.05) is 12.4 Å². The van der Waals surface area contributed by atoms with Crippen molar-refractivity contribution < 1.29 is 0 Å². The van der Waals surface area contributed by atoms with Crippen LogP contribution in [0.15, 0.2) is 54.9 Å². The highest BCUT2D eigenvalue weighted by molar-refractivity contribution is 5.83. The highest BCUT2D eigenvalue weighted by Crippen LogP contribution is 2.25. The van der Waals surface area contributed by atoms with Gasteiger partial charge in [0.1, 0.15) is 0 Å². The zero-order valence-corrected chi connectivity index (χ0v) is 11.8. The van der Waals surface area contributed by atoms with E-state index in [0.29, 0.717) is 0 Å². The summed E-state index contributed by atoms with van der Waals surface area (Å²) in [5.74, 6) is 0.868. The van der Waals surface area contributed by atoms with Crippen LogP contribution in [0.2, 0.25) is 0 Å². The van der Waals surface area contributed by atoms with E-state index in [4.69, 9.17) is 0 Å². The second-order valence-electron chi connectivity index (χ2n) is 5.31. The van der Waals surface area contributed by atoms with Crippen molar-refractivity contribution in [3.8, 4) is 11.1 Å². The van der Waals surface area contributed by atoms with Crippen molar-refractivity contribution in [2.45, 2.75) is 6.92 Å². The number of nitrogens with zero attached hydrogens (tertiary/aromatic N) is 2. The number of rotatable bonds is 2. The Morgan fingerprint density at radius 1 is 1.05 bits per heavy atom. The molecule has 1 aromatic heterocycles. The van der Waals surface area contributed by atoms with Crippen LogP contribution in [0.1, 0.15) is 5.56 Å². The number of imidazole rings is 1. The first kappa shape index (κ1) is 12.0. The number of hydrogen-bond acceptors (Lipinski definition) is 3. The zero-order valence-electron chi connectivity index (χ0n) is 11.8. The maximum atomic E-state index is 4.62. The number of aromatic nitrogens is 2. The Labute approximate surface area is 123 Å². The van der Waals surface area contributed by atoms with Crippen LogP contribution in [0.25, 0.3) is 22.2 Å². The molecule has 2 aromatic carbocycles. The second-order valence-corrected chi connectivity index (χ2v) is 5.31. The average molecular weight is 276 g/mol. The molecule has 4 rings (SSSR count). The predicted molar refractivity (Wildman–Crippen MR) is 85.9 cm³/mol. The van der Waals surface area contributed by atoms with Gasteiger partial charge in [-0.25, -0.2) is 4.98 Å². The maximum Gasteiger partial charge on any atom is 0.209 e.